The van der Waals surface area contributed by atoms with E-state index in [0.717, 1.165) is 30.0 Å². The zero-order valence-electron chi connectivity index (χ0n) is 11.6. The summed E-state index contributed by atoms with van der Waals surface area (Å²) in [6.07, 6.45) is 0.836. The molecule has 0 aliphatic rings. The van der Waals surface area contributed by atoms with Gasteiger partial charge in [0.25, 0.3) is 0 Å². The van der Waals surface area contributed by atoms with Gasteiger partial charge in [-0.1, -0.05) is 13.0 Å². The summed E-state index contributed by atoms with van der Waals surface area (Å²) >= 11 is 0. The number of benzene rings is 1. The van der Waals surface area contributed by atoms with Crippen LogP contribution >= 0.6 is 0 Å². The number of ether oxygens (including phenoxy) is 2. The summed E-state index contributed by atoms with van der Waals surface area (Å²) in [5.41, 5.74) is 1.14. The Morgan fingerprint density at radius 2 is 1.89 bits per heavy atom. The molecule has 0 aliphatic heterocycles. The Bertz CT molecular complexity index is 368. The molecule has 1 atom stereocenters. The maximum absolute atomic E-state index is 11.5. The highest BCUT2D eigenvalue weighted by Crippen LogP contribution is 2.27. The van der Waals surface area contributed by atoms with Gasteiger partial charge in [-0.15, -0.1) is 0 Å². The summed E-state index contributed by atoms with van der Waals surface area (Å²) in [6.45, 7) is 2.65. The largest absolute Gasteiger partial charge is 0.493 e. The molecule has 1 aromatic carbocycles. The molecule has 4 nitrogen and oxygen atoms in total. The van der Waals surface area contributed by atoms with Crippen LogP contribution in [0, 0.1) is 0 Å². The van der Waals surface area contributed by atoms with Gasteiger partial charge in [0.05, 0.1) is 14.2 Å². The third-order valence-electron chi connectivity index (χ3n) is 3.04. The van der Waals surface area contributed by atoms with Crippen LogP contribution in [-0.2, 0) is 11.5 Å². The van der Waals surface area contributed by atoms with E-state index in [2.05, 4.69) is 0 Å². The fourth-order valence-electron chi connectivity index (χ4n) is 1.80. The standard InChI is InChI=1S/C14H22NO3/c1-5-14(16)15(2)9-8-11-6-7-12(17-3)13(10-11)18-4/h6-7,10,14H,5,8-9H2,1-4H3. The Labute approximate surface area is 109 Å². The monoisotopic (exact) mass is 252 g/mol. The van der Waals surface area contributed by atoms with Gasteiger partial charge in [-0.3, -0.25) is 4.90 Å². The first-order chi connectivity index (χ1) is 8.62. The van der Waals surface area contributed by atoms with Crippen LogP contribution in [0.25, 0.3) is 0 Å². The number of methoxy groups -OCH3 is 2. The highest BCUT2D eigenvalue weighted by molar-refractivity contribution is 5.42. The third kappa shape index (κ3) is 3.89. The summed E-state index contributed by atoms with van der Waals surface area (Å²) in [5.74, 6) is 1.46. The van der Waals surface area contributed by atoms with Crippen LogP contribution in [-0.4, -0.2) is 38.9 Å². The van der Waals surface area contributed by atoms with Gasteiger partial charge >= 0.3 is 0 Å². The summed E-state index contributed by atoms with van der Waals surface area (Å²) in [7, 11) is 5.11. The normalized spacial score (nSPS) is 12.6. The fraction of sp³-hybridized carbons (Fsp3) is 0.571. The summed E-state index contributed by atoms with van der Waals surface area (Å²) in [6, 6.07) is 5.85. The van der Waals surface area contributed by atoms with Gasteiger partial charge in [0.2, 0.25) is 0 Å². The van der Waals surface area contributed by atoms with E-state index in [4.69, 9.17) is 9.47 Å². The molecule has 18 heavy (non-hydrogen) atoms. The Morgan fingerprint density at radius 1 is 1.22 bits per heavy atom. The first-order valence-corrected chi connectivity index (χ1v) is 6.19. The smallest absolute Gasteiger partial charge is 0.160 e. The summed E-state index contributed by atoms with van der Waals surface area (Å²) < 4.78 is 10.4. The van der Waals surface area contributed by atoms with Gasteiger partial charge in [0.15, 0.2) is 11.5 Å². The van der Waals surface area contributed by atoms with Crippen LogP contribution in [0.4, 0.5) is 0 Å². The van der Waals surface area contributed by atoms with Gasteiger partial charge in [-0.05, 0) is 37.6 Å². The van der Waals surface area contributed by atoms with E-state index in [1.165, 1.54) is 0 Å². The first kappa shape index (κ1) is 14.8. The van der Waals surface area contributed by atoms with Crippen molar-refractivity contribution in [1.82, 2.24) is 4.90 Å². The Hall–Kier alpha value is -1.26. The van der Waals surface area contributed by atoms with Crippen molar-refractivity contribution in [3.63, 3.8) is 0 Å². The summed E-state index contributed by atoms with van der Waals surface area (Å²) in [4.78, 5) is 1.83. The maximum Gasteiger partial charge on any atom is 0.160 e. The molecule has 0 aliphatic carbocycles. The highest BCUT2D eigenvalue weighted by atomic mass is 16.5. The zero-order valence-corrected chi connectivity index (χ0v) is 11.6. The lowest BCUT2D eigenvalue weighted by atomic mass is 10.1. The predicted molar refractivity (Wildman–Crippen MR) is 70.6 cm³/mol. The van der Waals surface area contributed by atoms with Crippen LogP contribution < -0.4 is 9.47 Å². The molecule has 0 saturated heterocycles. The molecule has 0 fully saturated rings. The van der Waals surface area contributed by atoms with Crippen molar-refractivity contribution in [2.75, 3.05) is 27.8 Å². The van der Waals surface area contributed by atoms with Crippen molar-refractivity contribution in [2.45, 2.75) is 26.0 Å². The van der Waals surface area contributed by atoms with E-state index in [-0.39, 0.29) is 0 Å². The molecule has 1 aromatic rings. The Balaban J connectivity index is 2.63. The SMILES string of the molecule is CCC([O])N(C)CCc1ccc(OC)c(OC)c1. The maximum atomic E-state index is 11.5. The average molecular weight is 252 g/mol. The molecule has 1 rings (SSSR count). The Morgan fingerprint density at radius 3 is 2.44 bits per heavy atom. The van der Waals surface area contributed by atoms with Gasteiger partial charge in [-0.2, -0.15) is 0 Å². The van der Waals surface area contributed by atoms with E-state index < -0.39 is 6.23 Å². The van der Waals surface area contributed by atoms with Crippen molar-refractivity contribution in [1.29, 1.82) is 0 Å². The molecule has 1 radical (unpaired) electrons. The van der Waals surface area contributed by atoms with Gasteiger partial charge in [-0.25, -0.2) is 5.11 Å². The molecule has 0 saturated carbocycles. The molecule has 0 bridgehead atoms. The molecule has 0 heterocycles. The van der Waals surface area contributed by atoms with Gasteiger partial charge in [0, 0.05) is 6.54 Å². The highest BCUT2D eigenvalue weighted by Gasteiger charge is 2.11. The second-order valence-electron chi connectivity index (χ2n) is 4.28. The van der Waals surface area contributed by atoms with E-state index in [1.807, 2.05) is 37.1 Å². The summed E-state index contributed by atoms with van der Waals surface area (Å²) in [5, 5.41) is 11.5. The van der Waals surface area contributed by atoms with Crippen LogP contribution in [0.1, 0.15) is 18.9 Å². The molecule has 4 heteroatoms. The molecule has 0 aromatic heterocycles. The average Bonchev–Trinajstić information content (AvgIpc) is 2.43. The van der Waals surface area contributed by atoms with Gasteiger partial charge < -0.3 is 9.47 Å². The second kappa shape index (κ2) is 7.24. The van der Waals surface area contributed by atoms with E-state index in [0.29, 0.717) is 6.42 Å². The lowest BCUT2D eigenvalue weighted by Gasteiger charge is -2.20. The molecule has 101 valence electrons. The molecule has 0 amide bonds. The molecule has 0 N–H and O–H groups in total. The number of hydrogen-bond acceptors (Lipinski definition) is 3. The lowest BCUT2D eigenvalue weighted by Crippen LogP contribution is -2.31. The number of rotatable bonds is 7. The lowest BCUT2D eigenvalue weighted by molar-refractivity contribution is -0.0356. The van der Waals surface area contributed by atoms with Crippen molar-refractivity contribution in [3.05, 3.63) is 23.8 Å². The van der Waals surface area contributed by atoms with E-state index in [9.17, 15) is 5.11 Å². The molecular weight excluding hydrogens is 230 g/mol. The minimum atomic E-state index is -0.620. The number of hydrogen-bond donors (Lipinski definition) is 0. The predicted octanol–water partition coefficient (Wildman–Crippen LogP) is 2.34. The minimum absolute atomic E-state index is 0.620. The number of nitrogens with zero attached hydrogens (tertiary/aromatic N) is 1. The topological polar surface area (TPSA) is 41.6 Å². The van der Waals surface area contributed by atoms with Gasteiger partial charge in [0.1, 0.15) is 6.23 Å². The van der Waals surface area contributed by atoms with Crippen molar-refractivity contribution in [2.24, 2.45) is 0 Å². The fourth-order valence-corrected chi connectivity index (χ4v) is 1.80. The molecule has 1 unspecified atom stereocenters. The van der Waals surface area contributed by atoms with E-state index >= 15 is 0 Å². The van der Waals surface area contributed by atoms with Crippen molar-refractivity contribution >= 4 is 0 Å². The van der Waals surface area contributed by atoms with Crippen LogP contribution in [0.2, 0.25) is 0 Å². The molecule has 0 spiro atoms. The second-order valence-corrected chi connectivity index (χ2v) is 4.28. The molecular formula is C14H22NO3. The van der Waals surface area contributed by atoms with Crippen LogP contribution in [0.15, 0.2) is 18.2 Å². The van der Waals surface area contributed by atoms with Crippen molar-refractivity contribution in [3.8, 4) is 11.5 Å². The quantitative estimate of drug-likeness (QED) is 0.699. The number of likely N-dealkylation sites (N-methyl/N-ethyl adjacent to an activating group) is 1. The Kier molecular flexibility index (Phi) is 5.95. The zero-order chi connectivity index (χ0) is 13.5. The van der Waals surface area contributed by atoms with Crippen LogP contribution in [0.5, 0.6) is 11.5 Å². The van der Waals surface area contributed by atoms with E-state index in [1.54, 1.807) is 14.2 Å². The third-order valence-corrected chi connectivity index (χ3v) is 3.04. The van der Waals surface area contributed by atoms with Crippen LogP contribution in [0.3, 0.4) is 0 Å². The van der Waals surface area contributed by atoms with Crippen molar-refractivity contribution < 1.29 is 14.6 Å². The first-order valence-electron chi connectivity index (χ1n) is 6.19. The minimum Gasteiger partial charge on any atom is -0.493 e.